The van der Waals surface area contributed by atoms with E-state index in [1.807, 2.05) is 0 Å². The monoisotopic (exact) mass is 526 g/mol. The minimum Gasteiger partial charge on any atom is -0.298 e. The van der Waals surface area contributed by atoms with Crippen molar-refractivity contribution >= 4 is 38.7 Å². The Labute approximate surface area is 203 Å². The van der Waals surface area contributed by atoms with E-state index in [0.717, 1.165) is 33.3 Å². The van der Waals surface area contributed by atoms with E-state index < -0.39 is 27.8 Å². The zero-order valence-electron chi connectivity index (χ0n) is 17.5. The van der Waals surface area contributed by atoms with E-state index in [2.05, 4.69) is 4.98 Å². The Bertz CT molecular complexity index is 1340. The van der Waals surface area contributed by atoms with Crippen molar-refractivity contribution < 1.29 is 26.4 Å². The number of halogens is 4. The van der Waals surface area contributed by atoms with Gasteiger partial charge in [0.25, 0.3) is 10.0 Å². The molecule has 0 aliphatic carbocycles. The number of nitrogens with zero attached hydrogens (tertiary/aromatic N) is 2. The quantitative estimate of drug-likeness (QED) is 0.375. The van der Waals surface area contributed by atoms with Gasteiger partial charge in [0.2, 0.25) is 0 Å². The highest BCUT2D eigenvalue weighted by molar-refractivity contribution is 7.91. The molecule has 0 fully saturated rings. The Kier molecular flexibility index (Phi) is 6.95. The number of ketones is 1. The molecule has 0 spiro atoms. The Morgan fingerprint density at radius 1 is 1.15 bits per heavy atom. The van der Waals surface area contributed by atoms with Crippen LogP contribution in [0, 0.1) is 0 Å². The first-order chi connectivity index (χ1) is 16.1. The van der Waals surface area contributed by atoms with Crippen molar-refractivity contribution in [3.05, 3.63) is 82.3 Å². The molecule has 1 atom stereocenters. The predicted octanol–water partition coefficient (Wildman–Crippen LogP) is 5.61. The van der Waals surface area contributed by atoms with E-state index in [0.29, 0.717) is 22.0 Å². The number of hydrogen-bond acceptors (Lipinski definition) is 5. The number of Topliss-reactive ketones (excluding diaryl/α,β-unsaturated/α-hetero) is 1. The van der Waals surface area contributed by atoms with Crippen LogP contribution in [0.3, 0.4) is 0 Å². The first-order valence-corrected chi connectivity index (χ1v) is 12.8. The van der Waals surface area contributed by atoms with Crippen LogP contribution in [0.5, 0.6) is 0 Å². The van der Waals surface area contributed by atoms with Gasteiger partial charge in [0.1, 0.15) is 10.3 Å². The smallest absolute Gasteiger partial charge is 0.298 e. The maximum Gasteiger partial charge on any atom is 0.416 e. The standard InChI is InChI=1S/C23H18ClF3N2O3S2/c24-21-9-10-22(33-21)34(31,32)29-13-1-2-19(29)20(30)8-3-15-11-12-28-18(14-15)16-4-6-17(7-5-16)23(25,26)27/h1-2,4-7,9-12,14,19H,3,8,13H2/t19-/m0/s1. The average molecular weight is 527 g/mol. The summed E-state index contributed by atoms with van der Waals surface area (Å²) < 4.78 is 65.8. The van der Waals surface area contributed by atoms with Gasteiger partial charge in [-0.2, -0.15) is 17.5 Å². The molecule has 1 aromatic carbocycles. The normalized spacial score (nSPS) is 16.8. The highest BCUT2D eigenvalue weighted by Gasteiger charge is 2.37. The highest BCUT2D eigenvalue weighted by atomic mass is 35.5. The first-order valence-electron chi connectivity index (χ1n) is 10.1. The molecule has 3 aromatic rings. The molecule has 0 saturated heterocycles. The lowest BCUT2D eigenvalue weighted by atomic mass is 10.0. The van der Waals surface area contributed by atoms with Gasteiger partial charge >= 0.3 is 6.18 Å². The summed E-state index contributed by atoms with van der Waals surface area (Å²) in [7, 11) is -3.86. The summed E-state index contributed by atoms with van der Waals surface area (Å²) in [4.78, 5) is 17.1. The molecule has 34 heavy (non-hydrogen) atoms. The van der Waals surface area contributed by atoms with Crippen molar-refractivity contribution in [3.63, 3.8) is 0 Å². The SMILES string of the molecule is O=C(CCc1ccnc(-c2ccc(C(F)(F)F)cc2)c1)[C@@H]1C=CCN1S(=O)(=O)c1ccc(Cl)s1. The van der Waals surface area contributed by atoms with Crippen molar-refractivity contribution in [1.29, 1.82) is 0 Å². The third kappa shape index (κ3) is 5.25. The van der Waals surface area contributed by atoms with Crippen molar-refractivity contribution in [1.82, 2.24) is 9.29 Å². The lowest BCUT2D eigenvalue weighted by Crippen LogP contribution is -2.40. The second-order valence-corrected chi connectivity index (χ2v) is 11.4. The van der Waals surface area contributed by atoms with Gasteiger partial charge in [0.15, 0.2) is 5.78 Å². The minimum atomic E-state index is -4.42. The lowest BCUT2D eigenvalue weighted by Gasteiger charge is -2.22. The molecule has 1 aliphatic rings. The molecule has 2 aromatic heterocycles. The van der Waals surface area contributed by atoms with Crippen LogP contribution < -0.4 is 0 Å². The zero-order chi connectivity index (χ0) is 24.5. The van der Waals surface area contributed by atoms with Gasteiger partial charge in [-0.3, -0.25) is 9.78 Å². The van der Waals surface area contributed by atoms with Crippen molar-refractivity contribution in [3.8, 4) is 11.3 Å². The molecule has 0 radical (unpaired) electrons. The molecule has 4 rings (SSSR count). The van der Waals surface area contributed by atoms with Crippen LogP contribution in [0.4, 0.5) is 13.2 Å². The molecule has 3 heterocycles. The summed E-state index contributed by atoms with van der Waals surface area (Å²) in [5.74, 6) is -0.257. The Morgan fingerprint density at radius 3 is 2.53 bits per heavy atom. The molecule has 1 aliphatic heterocycles. The number of hydrogen-bond donors (Lipinski definition) is 0. The molecule has 0 amide bonds. The molecule has 5 nitrogen and oxygen atoms in total. The summed E-state index contributed by atoms with van der Waals surface area (Å²) in [6.45, 7) is 0.0988. The second kappa shape index (κ2) is 9.61. The van der Waals surface area contributed by atoms with E-state index in [9.17, 15) is 26.4 Å². The Balaban J connectivity index is 1.44. The van der Waals surface area contributed by atoms with E-state index >= 15 is 0 Å². The van der Waals surface area contributed by atoms with Gasteiger partial charge in [-0.25, -0.2) is 8.42 Å². The number of sulfonamides is 1. The van der Waals surface area contributed by atoms with E-state index in [1.54, 1.807) is 24.3 Å². The molecular weight excluding hydrogens is 509 g/mol. The van der Waals surface area contributed by atoms with Crippen LogP contribution in [0.1, 0.15) is 17.5 Å². The largest absolute Gasteiger partial charge is 0.416 e. The number of carbonyl (C=O) groups excluding carboxylic acids is 1. The van der Waals surface area contributed by atoms with Crippen molar-refractivity contribution in [2.24, 2.45) is 0 Å². The second-order valence-electron chi connectivity index (χ2n) is 7.60. The van der Waals surface area contributed by atoms with Gasteiger partial charge in [-0.1, -0.05) is 35.9 Å². The molecule has 178 valence electrons. The maximum atomic E-state index is 12.9. The third-order valence-electron chi connectivity index (χ3n) is 5.35. The number of carbonyl (C=O) groups is 1. The Morgan fingerprint density at radius 2 is 1.88 bits per heavy atom. The fourth-order valence-electron chi connectivity index (χ4n) is 3.60. The lowest BCUT2D eigenvalue weighted by molar-refractivity contribution is -0.137. The summed E-state index contributed by atoms with van der Waals surface area (Å²) in [5, 5.41) is 0. The predicted molar refractivity (Wildman–Crippen MR) is 124 cm³/mol. The topological polar surface area (TPSA) is 67.3 Å². The number of pyridine rings is 1. The number of aryl methyl sites for hydroxylation is 1. The number of benzene rings is 1. The first kappa shape index (κ1) is 24.6. The molecule has 0 saturated carbocycles. The molecule has 0 unspecified atom stereocenters. The van der Waals surface area contributed by atoms with E-state index in [1.165, 1.54) is 30.5 Å². The Hall–Kier alpha value is -2.53. The van der Waals surface area contributed by atoms with E-state index in [4.69, 9.17) is 11.6 Å². The van der Waals surface area contributed by atoms with Crippen LogP contribution in [-0.4, -0.2) is 36.1 Å². The van der Waals surface area contributed by atoms with Gasteiger partial charge in [-0.15, -0.1) is 11.3 Å². The number of thiophene rings is 1. The van der Waals surface area contributed by atoms with Gasteiger partial charge in [-0.05, 0) is 48.4 Å². The highest BCUT2D eigenvalue weighted by Crippen LogP contribution is 2.32. The van der Waals surface area contributed by atoms with Gasteiger partial charge < -0.3 is 0 Å². The van der Waals surface area contributed by atoms with Crippen molar-refractivity contribution in [2.75, 3.05) is 6.54 Å². The summed E-state index contributed by atoms with van der Waals surface area (Å²) in [6.07, 6.45) is 0.750. The van der Waals surface area contributed by atoms with Crippen LogP contribution in [0.25, 0.3) is 11.3 Å². The maximum absolute atomic E-state index is 12.9. The third-order valence-corrected chi connectivity index (χ3v) is 8.89. The van der Waals surface area contributed by atoms with Gasteiger partial charge in [0, 0.05) is 24.7 Å². The summed E-state index contributed by atoms with van der Waals surface area (Å²) >= 11 is 6.81. The summed E-state index contributed by atoms with van der Waals surface area (Å²) in [5.41, 5.74) is 1.02. The number of alkyl halides is 3. The molecule has 11 heteroatoms. The van der Waals surface area contributed by atoms with E-state index in [-0.39, 0.29) is 23.0 Å². The van der Waals surface area contributed by atoms with Crippen LogP contribution in [0.2, 0.25) is 4.34 Å². The van der Waals surface area contributed by atoms with Crippen LogP contribution in [-0.2, 0) is 27.4 Å². The van der Waals surface area contributed by atoms with Gasteiger partial charge in [0.05, 0.1) is 15.6 Å². The minimum absolute atomic E-state index is 0.0781. The summed E-state index contributed by atoms with van der Waals surface area (Å²) in [6, 6.07) is 10.1. The number of aromatic nitrogens is 1. The van der Waals surface area contributed by atoms with Crippen molar-refractivity contribution in [2.45, 2.75) is 29.3 Å². The van der Waals surface area contributed by atoms with Crippen LogP contribution >= 0.6 is 22.9 Å². The van der Waals surface area contributed by atoms with Crippen LogP contribution in [0.15, 0.2) is 71.1 Å². The average Bonchev–Trinajstić information content (AvgIpc) is 3.47. The molecular formula is C23H18ClF3N2O3S2. The fourth-order valence-corrected chi connectivity index (χ4v) is 6.74. The fraction of sp³-hybridized carbons (Fsp3) is 0.217. The molecule has 0 bridgehead atoms. The number of rotatable bonds is 7. The zero-order valence-corrected chi connectivity index (χ0v) is 19.9. The molecule has 0 N–H and O–H groups in total.